The summed E-state index contributed by atoms with van der Waals surface area (Å²) >= 11 is 0. The predicted molar refractivity (Wildman–Crippen MR) is 82.2 cm³/mol. The molecule has 1 aromatic heterocycles. The monoisotopic (exact) mass is 301 g/mol. The summed E-state index contributed by atoms with van der Waals surface area (Å²) in [5.41, 5.74) is 0.00515. The molecule has 5 heteroatoms. The molecule has 1 rings (SSSR count). The maximum atomic E-state index is 12.2. The number of hydrogen-bond donors (Lipinski definition) is 1. The summed E-state index contributed by atoms with van der Waals surface area (Å²) < 4.78 is 30.0. The van der Waals surface area contributed by atoms with Crippen LogP contribution in [-0.4, -0.2) is 19.2 Å². The molecule has 0 fully saturated rings. The Balaban J connectivity index is 2.69. The fraction of sp³-hybridized carbons (Fsp3) is 0.733. The zero-order valence-electron chi connectivity index (χ0n) is 13.4. The van der Waals surface area contributed by atoms with Crippen LogP contribution in [0.1, 0.15) is 53.1 Å². The fourth-order valence-electron chi connectivity index (χ4n) is 1.69. The van der Waals surface area contributed by atoms with E-state index >= 15 is 0 Å². The molecule has 0 saturated carbocycles. The first-order valence-corrected chi connectivity index (χ1v) is 8.77. The number of rotatable bonds is 6. The molecular weight excluding hydrogens is 274 g/mol. The highest BCUT2D eigenvalue weighted by molar-refractivity contribution is 7.91. The first-order valence-electron chi connectivity index (χ1n) is 7.05. The Kier molecular flexibility index (Phi) is 5.44. The first kappa shape index (κ1) is 17.2. The van der Waals surface area contributed by atoms with Gasteiger partial charge >= 0.3 is 0 Å². The van der Waals surface area contributed by atoms with Crippen molar-refractivity contribution in [3.05, 3.63) is 23.7 Å². The Bertz CT molecular complexity index is 524. The molecule has 0 radical (unpaired) electrons. The second kappa shape index (κ2) is 6.31. The van der Waals surface area contributed by atoms with Crippen molar-refractivity contribution in [3.63, 3.8) is 0 Å². The number of sulfone groups is 1. The van der Waals surface area contributed by atoms with Crippen molar-refractivity contribution >= 4 is 9.84 Å². The molecule has 116 valence electrons. The van der Waals surface area contributed by atoms with Crippen molar-refractivity contribution in [2.24, 2.45) is 5.92 Å². The van der Waals surface area contributed by atoms with Gasteiger partial charge < -0.3 is 9.73 Å². The third-order valence-corrected chi connectivity index (χ3v) is 5.72. The first-order chi connectivity index (χ1) is 9.01. The van der Waals surface area contributed by atoms with E-state index in [4.69, 9.17) is 4.42 Å². The van der Waals surface area contributed by atoms with E-state index in [1.807, 2.05) is 19.9 Å². The van der Waals surface area contributed by atoms with Gasteiger partial charge in [0.2, 0.25) is 0 Å². The third-order valence-electron chi connectivity index (χ3n) is 3.36. The van der Waals surface area contributed by atoms with Gasteiger partial charge in [-0.3, -0.25) is 0 Å². The summed E-state index contributed by atoms with van der Waals surface area (Å²) in [7, 11) is -3.16. The molecule has 0 amide bonds. The van der Waals surface area contributed by atoms with Crippen LogP contribution >= 0.6 is 0 Å². The molecule has 20 heavy (non-hydrogen) atoms. The van der Waals surface area contributed by atoms with E-state index in [9.17, 15) is 8.42 Å². The van der Waals surface area contributed by atoms with Gasteiger partial charge in [0.1, 0.15) is 17.3 Å². The molecule has 0 bridgehead atoms. The highest BCUT2D eigenvalue weighted by atomic mass is 32.2. The predicted octanol–water partition coefficient (Wildman–Crippen LogP) is 3.13. The molecule has 0 spiro atoms. The fourth-order valence-corrected chi connectivity index (χ4v) is 3.34. The largest absolute Gasteiger partial charge is 0.464 e. The van der Waals surface area contributed by atoms with E-state index < -0.39 is 9.84 Å². The van der Waals surface area contributed by atoms with Crippen LogP contribution in [-0.2, 0) is 22.1 Å². The van der Waals surface area contributed by atoms with Crippen molar-refractivity contribution in [2.45, 2.75) is 64.6 Å². The van der Waals surface area contributed by atoms with E-state index in [0.717, 1.165) is 5.76 Å². The van der Waals surface area contributed by atoms with Gasteiger partial charge in [-0.25, -0.2) is 8.42 Å². The standard InChI is InChI=1S/C15H27NO3S/c1-11(2)12(3)20(17,18)10-14-8-7-13(19-14)9-16-15(4,5)6/h7-8,11-12,16H,9-10H2,1-6H3. The Morgan fingerprint density at radius 1 is 1.15 bits per heavy atom. The van der Waals surface area contributed by atoms with Crippen LogP contribution in [0.25, 0.3) is 0 Å². The van der Waals surface area contributed by atoms with Gasteiger partial charge in [0.15, 0.2) is 9.84 Å². The van der Waals surface area contributed by atoms with Crippen molar-refractivity contribution in [1.29, 1.82) is 0 Å². The molecule has 1 heterocycles. The molecular formula is C15H27NO3S. The lowest BCUT2D eigenvalue weighted by Crippen LogP contribution is -2.34. The number of nitrogens with one attached hydrogen (secondary N) is 1. The Hall–Kier alpha value is -0.810. The van der Waals surface area contributed by atoms with Crippen molar-refractivity contribution in [2.75, 3.05) is 0 Å². The second-order valence-corrected chi connectivity index (χ2v) is 9.09. The Morgan fingerprint density at radius 3 is 2.20 bits per heavy atom. The molecule has 0 aliphatic carbocycles. The van der Waals surface area contributed by atoms with Crippen LogP contribution in [0.5, 0.6) is 0 Å². The van der Waals surface area contributed by atoms with Crippen LogP contribution < -0.4 is 5.32 Å². The maximum Gasteiger partial charge on any atom is 0.160 e. The summed E-state index contributed by atoms with van der Waals surface area (Å²) in [4.78, 5) is 0. The minimum absolute atomic E-state index is 0.00515. The minimum Gasteiger partial charge on any atom is -0.464 e. The van der Waals surface area contributed by atoms with Crippen LogP contribution in [0.2, 0.25) is 0 Å². The third kappa shape index (κ3) is 5.29. The Morgan fingerprint density at radius 2 is 1.70 bits per heavy atom. The van der Waals surface area contributed by atoms with E-state index in [1.54, 1.807) is 13.0 Å². The van der Waals surface area contributed by atoms with Gasteiger partial charge in [0, 0.05) is 5.54 Å². The molecule has 0 aromatic carbocycles. The second-order valence-electron chi connectivity index (χ2n) is 6.73. The van der Waals surface area contributed by atoms with Gasteiger partial charge in [-0.15, -0.1) is 0 Å². The average Bonchev–Trinajstić information content (AvgIpc) is 2.71. The van der Waals surface area contributed by atoms with Crippen molar-refractivity contribution in [3.8, 4) is 0 Å². The lowest BCUT2D eigenvalue weighted by Gasteiger charge is -2.19. The molecule has 1 aromatic rings. The summed E-state index contributed by atoms with van der Waals surface area (Å²) in [6, 6.07) is 3.59. The highest BCUT2D eigenvalue weighted by Crippen LogP contribution is 2.19. The summed E-state index contributed by atoms with van der Waals surface area (Å²) in [5, 5.41) is 2.95. The number of hydrogen-bond acceptors (Lipinski definition) is 4. The lowest BCUT2D eigenvalue weighted by molar-refractivity contribution is 0.381. The van der Waals surface area contributed by atoms with Crippen molar-refractivity contribution in [1.82, 2.24) is 5.32 Å². The van der Waals surface area contributed by atoms with Crippen LogP contribution in [0.15, 0.2) is 16.5 Å². The quantitative estimate of drug-likeness (QED) is 0.877. The summed E-state index contributed by atoms with van der Waals surface area (Å²) in [6.07, 6.45) is 0. The van der Waals surface area contributed by atoms with Gasteiger partial charge in [0.25, 0.3) is 0 Å². The van der Waals surface area contributed by atoms with Gasteiger partial charge in [-0.2, -0.15) is 0 Å². The van der Waals surface area contributed by atoms with Crippen LogP contribution in [0.3, 0.4) is 0 Å². The molecule has 1 atom stereocenters. The van der Waals surface area contributed by atoms with Gasteiger partial charge in [-0.05, 0) is 45.7 Å². The minimum atomic E-state index is -3.16. The van der Waals surface area contributed by atoms with Crippen LogP contribution in [0, 0.1) is 5.92 Å². The SMILES string of the molecule is CC(C)C(C)S(=O)(=O)Cc1ccc(CNC(C)(C)C)o1. The molecule has 0 aliphatic rings. The lowest BCUT2D eigenvalue weighted by atomic mass is 10.1. The molecule has 0 saturated heterocycles. The van der Waals surface area contributed by atoms with E-state index in [-0.39, 0.29) is 22.5 Å². The van der Waals surface area contributed by atoms with E-state index in [0.29, 0.717) is 12.3 Å². The topological polar surface area (TPSA) is 59.3 Å². The molecule has 1 N–H and O–H groups in total. The van der Waals surface area contributed by atoms with Crippen LogP contribution in [0.4, 0.5) is 0 Å². The van der Waals surface area contributed by atoms with Gasteiger partial charge in [0.05, 0.1) is 11.8 Å². The van der Waals surface area contributed by atoms with E-state index in [2.05, 4.69) is 26.1 Å². The molecule has 4 nitrogen and oxygen atoms in total. The zero-order chi connectivity index (χ0) is 15.6. The normalized spacial score (nSPS) is 14.8. The summed E-state index contributed by atoms with van der Waals surface area (Å²) in [5.74, 6) is 1.37. The number of furan rings is 1. The molecule has 1 unspecified atom stereocenters. The zero-order valence-corrected chi connectivity index (χ0v) is 14.2. The maximum absolute atomic E-state index is 12.2. The van der Waals surface area contributed by atoms with Crippen molar-refractivity contribution < 1.29 is 12.8 Å². The Labute approximate surface area is 122 Å². The highest BCUT2D eigenvalue weighted by Gasteiger charge is 2.25. The smallest absolute Gasteiger partial charge is 0.160 e. The average molecular weight is 301 g/mol. The van der Waals surface area contributed by atoms with E-state index in [1.165, 1.54) is 0 Å². The summed E-state index contributed by atoms with van der Waals surface area (Å²) in [6.45, 7) is 12.4. The van der Waals surface area contributed by atoms with Gasteiger partial charge in [-0.1, -0.05) is 13.8 Å². The molecule has 0 aliphatic heterocycles.